The second-order valence-corrected chi connectivity index (χ2v) is 16.2. The van der Waals surface area contributed by atoms with Gasteiger partial charge >= 0.3 is 12.1 Å². The summed E-state index contributed by atoms with van der Waals surface area (Å²) >= 11 is 0. The lowest BCUT2D eigenvalue weighted by Crippen LogP contribution is -2.28. The van der Waals surface area contributed by atoms with Gasteiger partial charge < -0.3 is 34.5 Å². The average Bonchev–Trinajstić information content (AvgIpc) is 3.21. The number of amides is 1. The minimum atomic E-state index is -3.87. The SMILES string of the molecule is O=C(O)CCCCCCCCCCCCCCCCCc1cccc(S(=O)(=O)Nc2ccc(C(=O)NCCOCCOCC(=O)CCCOCCCOC(=O)O)cn2)c1. The molecule has 0 bridgehead atoms. The van der Waals surface area contributed by atoms with Crippen LogP contribution in [0.3, 0.4) is 0 Å². The number of anilines is 1. The number of nitrogens with one attached hydrogen (secondary N) is 2. The molecule has 59 heavy (non-hydrogen) atoms. The van der Waals surface area contributed by atoms with Crippen LogP contribution in [0.15, 0.2) is 47.5 Å². The van der Waals surface area contributed by atoms with E-state index in [2.05, 4.69) is 19.8 Å². The van der Waals surface area contributed by atoms with Crippen molar-refractivity contribution in [3.63, 3.8) is 0 Å². The summed E-state index contributed by atoms with van der Waals surface area (Å²) in [5, 5.41) is 19.8. The normalized spacial score (nSPS) is 11.3. The quantitative estimate of drug-likeness (QED) is 0.0373. The summed E-state index contributed by atoms with van der Waals surface area (Å²) in [7, 11) is -3.87. The molecular weight excluding hydrogens is 783 g/mol. The molecule has 1 heterocycles. The molecule has 0 aliphatic heterocycles. The van der Waals surface area contributed by atoms with Crippen LogP contribution in [-0.2, 0) is 45.0 Å². The Kier molecular flexibility index (Phi) is 28.3. The van der Waals surface area contributed by atoms with E-state index in [-0.39, 0.29) is 74.0 Å². The molecule has 1 aromatic heterocycles. The first-order valence-corrected chi connectivity index (χ1v) is 22.7. The van der Waals surface area contributed by atoms with Gasteiger partial charge in [-0.3, -0.25) is 19.1 Å². The monoisotopic (exact) mass is 849 g/mol. The Balaban J connectivity index is 1.50. The fourth-order valence-electron chi connectivity index (χ4n) is 6.17. The van der Waals surface area contributed by atoms with E-state index in [0.717, 1.165) is 44.1 Å². The zero-order chi connectivity index (χ0) is 42.8. The molecule has 16 heteroatoms. The predicted octanol–water partition coefficient (Wildman–Crippen LogP) is 7.96. The van der Waals surface area contributed by atoms with Gasteiger partial charge in [0.15, 0.2) is 5.78 Å². The maximum atomic E-state index is 13.1. The van der Waals surface area contributed by atoms with Gasteiger partial charge in [-0.1, -0.05) is 95.6 Å². The second-order valence-electron chi connectivity index (χ2n) is 14.5. The van der Waals surface area contributed by atoms with E-state index in [1.807, 2.05) is 6.07 Å². The third kappa shape index (κ3) is 27.3. The molecule has 0 unspecified atom stereocenters. The van der Waals surface area contributed by atoms with Gasteiger partial charge in [0.1, 0.15) is 12.4 Å². The summed E-state index contributed by atoms with van der Waals surface area (Å²) in [5.41, 5.74) is 1.23. The van der Waals surface area contributed by atoms with Crippen LogP contribution < -0.4 is 10.0 Å². The zero-order valence-electron chi connectivity index (χ0n) is 34.7. The van der Waals surface area contributed by atoms with Gasteiger partial charge in [0.05, 0.1) is 36.9 Å². The Morgan fingerprint density at radius 1 is 0.627 bits per heavy atom. The number of benzene rings is 1. The number of sulfonamides is 1. The van der Waals surface area contributed by atoms with E-state index < -0.39 is 22.1 Å². The lowest BCUT2D eigenvalue weighted by atomic mass is 10.0. The van der Waals surface area contributed by atoms with Gasteiger partial charge in [-0.15, -0.1) is 0 Å². The van der Waals surface area contributed by atoms with Crippen LogP contribution in [-0.4, -0.2) is 100 Å². The molecule has 0 fully saturated rings. The van der Waals surface area contributed by atoms with Crippen molar-refractivity contribution in [3.05, 3.63) is 53.7 Å². The van der Waals surface area contributed by atoms with Gasteiger partial charge in [0.25, 0.3) is 15.9 Å². The Labute approximate surface area is 350 Å². The number of nitrogens with zero attached hydrogens (tertiary/aromatic N) is 1. The molecule has 1 aromatic carbocycles. The number of carboxylic acid groups (broad SMARTS) is 2. The fraction of sp³-hybridized carbons (Fsp3) is 0.651. The molecule has 0 saturated carbocycles. The van der Waals surface area contributed by atoms with Crippen molar-refractivity contribution in [2.45, 2.75) is 133 Å². The molecular formula is C43H67N3O12S. The number of hydrogen-bond donors (Lipinski definition) is 4. The predicted molar refractivity (Wildman–Crippen MR) is 224 cm³/mol. The minimum Gasteiger partial charge on any atom is -0.481 e. The van der Waals surface area contributed by atoms with Crippen molar-refractivity contribution in [3.8, 4) is 0 Å². The van der Waals surface area contributed by atoms with Gasteiger partial charge in [-0.05, 0) is 55.5 Å². The van der Waals surface area contributed by atoms with E-state index in [1.54, 1.807) is 18.2 Å². The van der Waals surface area contributed by atoms with Crippen molar-refractivity contribution in [2.24, 2.45) is 0 Å². The lowest BCUT2D eigenvalue weighted by Gasteiger charge is -2.10. The number of ether oxygens (including phenoxy) is 4. The van der Waals surface area contributed by atoms with E-state index in [0.29, 0.717) is 32.5 Å². The Morgan fingerprint density at radius 2 is 1.24 bits per heavy atom. The van der Waals surface area contributed by atoms with Gasteiger partial charge in [-0.25, -0.2) is 18.2 Å². The molecule has 2 aromatic rings. The molecule has 0 saturated heterocycles. The van der Waals surface area contributed by atoms with Crippen LogP contribution in [0.5, 0.6) is 0 Å². The highest BCUT2D eigenvalue weighted by Crippen LogP contribution is 2.19. The van der Waals surface area contributed by atoms with Crippen molar-refractivity contribution in [2.75, 3.05) is 57.5 Å². The van der Waals surface area contributed by atoms with Crippen LogP contribution >= 0.6 is 0 Å². The molecule has 0 spiro atoms. The number of carbonyl (C=O) groups excluding carboxylic acids is 2. The fourth-order valence-corrected chi connectivity index (χ4v) is 7.25. The maximum absolute atomic E-state index is 13.1. The number of hydrogen-bond acceptors (Lipinski definition) is 11. The summed E-state index contributed by atoms with van der Waals surface area (Å²) in [6.07, 6.45) is 19.9. The number of rotatable bonds is 38. The van der Waals surface area contributed by atoms with Gasteiger partial charge in [-0.2, -0.15) is 0 Å². The van der Waals surface area contributed by atoms with E-state index in [9.17, 15) is 27.6 Å². The Morgan fingerprint density at radius 3 is 1.86 bits per heavy atom. The number of carboxylic acids is 1. The summed E-state index contributed by atoms with van der Waals surface area (Å²) in [6.45, 7) is 1.70. The van der Waals surface area contributed by atoms with Crippen LogP contribution in [0.4, 0.5) is 10.6 Å². The molecule has 0 aliphatic rings. The number of aryl methyl sites for hydroxylation is 1. The van der Waals surface area contributed by atoms with Gasteiger partial charge in [0.2, 0.25) is 0 Å². The van der Waals surface area contributed by atoms with Crippen LogP contribution in [0.2, 0.25) is 0 Å². The highest BCUT2D eigenvalue weighted by atomic mass is 32.2. The number of Topliss-reactive ketones (excluding diaryl/α,β-unsaturated/α-hetero) is 1. The minimum absolute atomic E-state index is 0.0371. The molecule has 0 aliphatic carbocycles. The van der Waals surface area contributed by atoms with Crippen LogP contribution in [0, 0.1) is 0 Å². The standard InChI is InChI=1S/C43H67N3O12S/c47-38(21-17-27-55-28-18-29-58-43(51)52)35-57-32-31-56-30-26-44-42(50)37-24-25-40(45-34-37)46-59(53,54)39-22-16-20-36(33-39)19-14-12-10-8-6-4-2-1-3-5-7-9-11-13-15-23-41(48)49/h16,20,22,24-25,33-34H,1-15,17-19,21,23,26-32,35H2,(H,44,50)(H,45,46)(H,48,49)(H,51,52). The van der Waals surface area contributed by atoms with Crippen molar-refractivity contribution in [1.29, 1.82) is 0 Å². The zero-order valence-corrected chi connectivity index (χ0v) is 35.5. The topological polar surface area (TPSA) is 217 Å². The first-order valence-electron chi connectivity index (χ1n) is 21.3. The third-order valence-corrected chi connectivity index (χ3v) is 10.8. The number of pyridine rings is 1. The lowest BCUT2D eigenvalue weighted by molar-refractivity contribution is -0.137. The molecule has 0 atom stereocenters. The van der Waals surface area contributed by atoms with Crippen molar-refractivity contribution < 1.29 is 56.8 Å². The van der Waals surface area contributed by atoms with E-state index in [1.165, 1.54) is 82.5 Å². The molecule has 2 rings (SSSR count). The molecule has 0 radical (unpaired) electrons. The van der Waals surface area contributed by atoms with Crippen LogP contribution in [0.25, 0.3) is 0 Å². The first kappa shape index (κ1) is 51.0. The van der Waals surface area contributed by atoms with E-state index in [4.69, 9.17) is 24.4 Å². The summed E-state index contributed by atoms with van der Waals surface area (Å²) < 4.78 is 49.2. The first-order chi connectivity index (χ1) is 28.6. The number of aliphatic carboxylic acids is 1. The summed E-state index contributed by atoms with van der Waals surface area (Å²) in [4.78, 5) is 49.5. The largest absolute Gasteiger partial charge is 0.505 e. The van der Waals surface area contributed by atoms with Crippen molar-refractivity contribution in [1.82, 2.24) is 10.3 Å². The molecule has 4 N–H and O–H groups in total. The highest BCUT2D eigenvalue weighted by molar-refractivity contribution is 7.92. The summed E-state index contributed by atoms with van der Waals surface area (Å²) in [6, 6.07) is 9.89. The number of aromatic nitrogens is 1. The van der Waals surface area contributed by atoms with Crippen molar-refractivity contribution >= 4 is 39.7 Å². The number of unbranched alkanes of at least 4 members (excludes halogenated alkanes) is 14. The third-order valence-electron chi connectivity index (χ3n) is 9.40. The van der Waals surface area contributed by atoms with E-state index >= 15 is 0 Å². The Hall–Kier alpha value is -4.12. The molecule has 1 amide bonds. The Bertz CT molecular complexity index is 1570. The second kappa shape index (κ2) is 32.7. The highest BCUT2D eigenvalue weighted by Gasteiger charge is 2.16. The smallest absolute Gasteiger partial charge is 0.481 e. The number of carbonyl (C=O) groups is 4. The number of ketones is 1. The maximum Gasteiger partial charge on any atom is 0.505 e. The molecule has 15 nitrogen and oxygen atoms in total. The average molecular weight is 850 g/mol. The summed E-state index contributed by atoms with van der Waals surface area (Å²) in [5.74, 6) is -1.05. The van der Waals surface area contributed by atoms with Crippen LogP contribution in [0.1, 0.15) is 138 Å². The van der Waals surface area contributed by atoms with Gasteiger partial charge in [0, 0.05) is 45.2 Å². The molecule has 332 valence electrons.